The van der Waals surface area contributed by atoms with Crippen molar-refractivity contribution in [3.05, 3.63) is 71.5 Å². The van der Waals surface area contributed by atoms with Crippen LogP contribution in [0.5, 0.6) is 11.5 Å². The summed E-state index contributed by atoms with van der Waals surface area (Å²) in [6, 6.07) is 14.3. The first-order valence-electron chi connectivity index (χ1n) is 10.1. The molecule has 2 aromatic rings. The maximum Gasteiger partial charge on any atom is 0.326 e. The Hall–Kier alpha value is -3.41. The zero-order valence-corrected chi connectivity index (χ0v) is 17.7. The Bertz CT molecular complexity index is 989. The summed E-state index contributed by atoms with van der Waals surface area (Å²) in [5.41, 5.74) is -0.0624. The predicted molar refractivity (Wildman–Crippen MR) is 113 cm³/mol. The van der Waals surface area contributed by atoms with Crippen molar-refractivity contribution in [2.24, 2.45) is 5.41 Å². The Morgan fingerprint density at radius 3 is 1.65 bits per heavy atom. The largest absolute Gasteiger partial charge is 0.497 e. The van der Waals surface area contributed by atoms with Crippen molar-refractivity contribution < 1.29 is 28.6 Å². The average Bonchev–Trinajstić information content (AvgIpc) is 2.77. The first kappa shape index (κ1) is 20.8. The molecule has 0 amide bonds. The standard InChI is InChI=1S/C25H24O6/c1-15-12-23(27)25(24(28)31-15)21(16-4-8-19(29-2)9-5-16)13-18(26)14-22(25)17-6-10-20(30-3)11-7-17/h4-12,21-22H,13-14H2,1-3H3/t21-,22-/m1/s1. The van der Waals surface area contributed by atoms with Gasteiger partial charge in [0, 0.05) is 30.8 Å². The summed E-state index contributed by atoms with van der Waals surface area (Å²) in [4.78, 5) is 39.9. The molecule has 1 spiro atoms. The molecule has 31 heavy (non-hydrogen) atoms. The van der Waals surface area contributed by atoms with Gasteiger partial charge < -0.3 is 14.2 Å². The van der Waals surface area contributed by atoms with E-state index in [1.807, 2.05) is 0 Å². The highest BCUT2D eigenvalue weighted by Crippen LogP contribution is 2.57. The summed E-state index contributed by atoms with van der Waals surface area (Å²) in [5.74, 6) is -0.646. The van der Waals surface area contributed by atoms with Gasteiger partial charge in [-0.2, -0.15) is 0 Å². The zero-order valence-electron chi connectivity index (χ0n) is 17.7. The second-order valence-electron chi connectivity index (χ2n) is 7.98. The van der Waals surface area contributed by atoms with Gasteiger partial charge in [-0.15, -0.1) is 0 Å². The summed E-state index contributed by atoms with van der Waals surface area (Å²) < 4.78 is 16.0. The normalized spacial score (nSPS) is 22.7. The molecule has 1 aliphatic carbocycles. The SMILES string of the molecule is COc1ccc([C@H]2CC(=O)C[C@H](c3ccc(OC)cc3)C23C(=O)C=C(C)OC3=O)cc1. The summed E-state index contributed by atoms with van der Waals surface area (Å²) in [6.45, 7) is 1.58. The average molecular weight is 420 g/mol. The smallest absolute Gasteiger partial charge is 0.326 e. The molecule has 4 rings (SSSR count). The fraction of sp³-hybridized carbons (Fsp3) is 0.320. The molecule has 0 unspecified atom stereocenters. The third kappa shape index (κ3) is 3.42. The van der Waals surface area contributed by atoms with Gasteiger partial charge in [-0.3, -0.25) is 14.4 Å². The zero-order chi connectivity index (χ0) is 22.2. The van der Waals surface area contributed by atoms with E-state index in [1.54, 1.807) is 69.7 Å². The summed E-state index contributed by atoms with van der Waals surface area (Å²) in [5, 5.41) is 0. The van der Waals surface area contributed by atoms with Crippen LogP contribution < -0.4 is 9.47 Å². The lowest BCUT2D eigenvalue weighted by Crippen LogP contribution is -2.54. The summed E-state index contributed by atoms with van der Waals surface area (Å²) in [6.07, 6.45) is 1.56. The van der Waals surface area contributed by atoms with Gasteiger partial charge in [-0.1, -0.05) is 24.3 Å². The molecule has 2 atom stereocenters. The minimum absolute atomic E-state index is 0.000800. The van der Waals surface area contributed by atoms with E-state index in [1.165, 1.54) is 6.08 Å². The minimum Gasteiger partial charge on any atom is -0.497 e. The molecular formula is C25H24O6. The molecule has 0 aromatic heterocycles. The van der Waals surface area contributed by atoms with Gasteiger partial charge in [-0.05, 0) is 42.3 Å². The van der Waals surface area contributed by atoms with E-state index < -0.39 is 23.2 Å². The number of ether oxygens (including phenoxy) is 3. The van der Waals surface area contributed by atoms with E-state index in [0.717, 1.165) is 11.1 Å². The van der Waals surface area contributed by atoms with Gasteiger partial charge in [0.15, 0.2) is 5.78 Å². The van der Waals surface area contributed by atoms with Crippen molar-refractivity contribution in [3.63, 3.8) is 0 Å². The number of ketones is 2. The second-order valence-corrected chi connectivity index (χ2v) is 7.98. The number of allylic oxidation sites excluding steroid dienone is 2. The number of cyclic esters (lactones) is 1. The molecule has 6 heteroatoms. The molecule has 1 heterocycles. The van der Waals surface area contributed by atoms with Gasteiger partial charge in [0.05, 0.1) is 14.2 Å². The van der Waals surface area contributed by atoms with Crippen molar-refractivity contribution in [2.75, 3.05) is 14.2 Å². The van der Waals surface area contributed by atoms with Crippen LogP contribution in [0.25, 0.3) is 0 Å². The van der Waals surface area contributed by atoms with E-state index in [0.29, 0.717) is 11.5 Å². The van der Waals surface area contributed by atoms with Crippen molar-refractivity contribution in [2.45, 2.75) is 31.6 Å². The van der Waals surface area contributed by atoms with Crippen molar-refractivity contribution in [1.29, 1.82) is 0 Å². The molecule has 160 valence electrons. The highest BCUT2D eigenvalue weighted by Gasteiger charge is 2.62. The van der Waals surface area contributed by atoms with Gasteiger partial charge in [0.2, 0.25) is 0 Å². The molecular weight excluding hydrogens is 396 g/mol. The van der Waals surface area contributed by atoms with Crippen LogP contribution in [0.15, 0.2) is 60.4 Å². The molecule has 6 nitrogen and oxygen atoms in total. The lowest BCUT2D eigenvalue weighted by molar-refractivity contribution is -0.164. The number of hydrogen-bond acceptors (Lipinski definition) is 6. The van der Waals surface area contributed by atoms with E-state index in [4.69, 9.17) is 14.2 Å². The van der Waals surface area contributed by atoms with Gasteiger partial charge in [-0.25, -0.2) is 0 Å². The number of carbonyl (C=O) groups is 3. The van der Waals surface area contributed by atoms with Crippen LogP contribution in [0.3, 0.4) is 0 Å². The number of rotatable bonds is 4. The van der Waals surface area contributed by atoms with E-state index in [2.05, 4.69) is 0 Å². The lowest BCUT2D eigenvalue weighted by atomic mass is 9.53. The Kier molecular flexibility index (Phi) is 5.39. The van der Waals surface area contributed by atoms with E-state index in [-0.39, 0.29) is 30.2 Å². The summed E-state index contributed by atoms with van der Waals surface area (Å²) in [7, 11) is 3.13. The number of Topliss-reactive ketones (excluding diaryl/α,β-unsaturated/α-hetero) is 1. The van der Waals surface area contributed by atoms with Crippen LogP contribution in [0.2, 0.25) is 0 Å². The fourth-order valence-corrected chi connectivity index (χ4v) is 4.83. The van der Waals surface area contributed by atoms with Gasteiger partial charge >= 0.3 is 5.97 Å². The maximum atomic E-state index is 13.6. The maximum absolute atomic E-state index is 13.6. The van der Waals surface area contributed by atoms with Crippen molar-refractivity contribution >= 4 is 17.5 Å². The van der Waals surface area contributed by atoms with Gasteiger partial charge in [0.1, 0.15) is 28.5 Å². The number of hydrogen-bond donors (Lipinski definition) is 0. The number of carbonyl (C=O) groups excluding carboxylic acids is 3. The monoisotopic (exact) mass is 420 g/mol. The Morgan fingerprint density at radius 2 is 1.26 bits per heavy atom. The molecule has 2 aliphatic rings. The Morgan fingerprint density at radius 1 is 0.806 bits per heavy atom. The van der Waals surface area contributed by atoms with Crippen molar-refractivity contribution in [1.82, 2.24) is 0 Å². The molecule has 0 N–H and O–H groups in total. The highest BCUT2D eigenvalue weighted by atomic mass is 16.5. The van der Waals surface area contributed by atoms with Gasteiger partial charge in [0.25, 0.3) is 0 Å². The topological polar surface area (TPSA) is 78.9 Å². The summed E-state index contributed by atoms with van der Waals surface area (Å²) >= 11 is 0. The van der Waals surface area contributed by atoms with Crippen LogP contribution >= 0.6 is 0 Å². The molecule has 0 bridgehead atoms. The molecule has 1 fully saturated rings. The van der Waals surface area contributed by atoms with E-state index >= 15 is 0 Å². The predicted octanol–water partition coefficient (Wildman–Crippen LogP) is 3.95. The number of esters is 1. The molecule has 1 saturated carbocycles. The lowest BCUT2D eigenvalue weighted by Gasteiger charge is -2.47. The first-order chi connectivity index (χ1) is 14.9. The van der Waals surface area contributed by atoms with Crippen LogP contribution in [-0.2, 0) is 19.1 Å². The Labute approximate surface area is 180 Å². The first-order valence-corrected chi connectivity index (χ1v) is 10.1. The Balaban J connectivity index is 1.91. The quantitative estimate of drug-likeness (QED) is 0.551. The van der Waals surface area contributed by atoms with Crippen LogP contribution in [-0.4, -0.2) is 31.8 Å². The molecule has 2 aromatic carbocycles. The third-order valence-corrected chi connectivity index (χ3v) is 6.33. The molecule has 0 saturated heterocycles. The molecule has 0 radical (unpaired) electrons. The number of methoxy groups -OCH3 is 2. The van der Waals surface area contributed by atoms with E-state index in [9.17, 15) is 14.4 Å². The fourth-order valence-electron chi connectivity index (χ4n) is 4.83. The molecule has 1 aliphatic heterocycles. The third-order valence-electron chi connectivity index (χ3n) is 6.33. The van der Waals surface area contributed by atoms with Crippen molar-refractivity contribution in [3.8, 4) is 11.5 Å². The van der Waals surface area contributed by atoms with Crippen LogP contribution in [0.4, 0.5) is 0 Å². The highest BCUT2D eigenvalue weighted by molar-refractivity contribution is 6.14. The minimum atomic E-state index is -1.52. The van der Waals surface area contributed by atoms with Crippen LogP contribution in [0, 0.1) is 5.41 Å². The number of benzene rings is 2. The van der Waals surface area contributed by atoms with Crippen LogP contribution in [0.1, 0.15) is 42.7 Å². The second kappa shape index (κ2) is 8.02.